The van der Waals surface area contributed by atoms with Crippen LogP contribution >= 0.6 is 11.6 Å². The molecule has 0 aliphatic carbocycles. The average Bonchev–Trinajstić information content (AvgIpc) is 2.40. The van der Waals surface area contributed by atoms with Crippen molar-refractivity contribution in [1.29, 1.82) is 0 Å². The number of aliphatic hydroxyl groups excluding tert-OH is 1. The molecule has 0 fully saturated rings. The molecule has 18 heavy (non-hydrogen) atoms. The summed E-state index contributed by atoms with van der Waals surface area (Å²) < 4.78 is 5.50. The summed E-state index contributed by atoms with van der Waals surface area (Å²) in [7, 11) is 0. The van der Waals surface area contributed by atoms with Crippen LogP contribution in [0.1, 0.15) is 24.2 Å². The maximum absolute atomic E-state index is 10.3. The minimum atomic E-state index is -0.766. The molecular weight excluding hydrogens is 250 g/mol. The van der Waals surface area contributed by atoms with Gasteiger partial charge < -0.3 is 9.84 Å². The normalized spacial score (nSPS) is 12.2. The lowest BCUT2D eigenvalue weighted by Gasteiger charge is -2.15. The largest absolute Gasteiger partial charge is 0.493 e. The van der Waals surface area contributed by atoms with Crippen LogP contribution in [-0.4, -0.2) is 16.7 Å². The Labute approximate surface area is 111 Å². The number of hydrogen-bond acceptors (Lipinski definition) is 3. The van der Waals surface area contributed by atoms with Gasteiger partial charge in [-0.2, -0.15) is 0 Å². The number of pyridine rings is 1. The highest BCUT2D eigenvalue weighted by molar-refractivity contribution is 6.29. The van der Waals surface area contributed by atoms with Crippen molar-refractivity contribution in [3.05, 3.63) is 58.9 Å². The third kappa shape index (κ3) is 2.81. The predicted molar refractivity (Wildman–Crippen MR) is 70.9 cm³/mol. The summed E-state index contributed by atoms with van der Waals surface area (Å²) >= 11 is 5.73. The van der Waals surface area contributed by atoms with Gasteiger partial charge in [0.1, 0.15) is 17.0 Å². The molecule has 94 valence electrons. The zero-order valence-corrected chi connectivity index (χ0v) is 10.8. The SMILES string of the molecule is CCOc1ccccc1C(O)c1ccc(Cl)nc1. The summed E-state index contributed by atoms with van der Waals surface area (Å²) in [5.74, 6) is 0.683. The smallest absolute Gasteiger partial charge is 0.129 e. The predicted octanol–water partition coefficient (Wildman–Crippen LogP) is 3.22. The van der Waals surface area contributed by atoms with Gasteiger partial charge in [-0.25, -0.2) is 4.98 Å². The van der Waals surface area contributed by atoms with Gasteiger partial charge in [0.05, 0.1) is 6.61 Å². The van der Waals surface area contributed by atoms with E-state index in [-0.39, 0.29) is 0 Å². The zero-order chi connectivity index (χ0) is 13.0. The Morgan fingerprint density at radius 2 is 2.06 bits per heavy atom. The van der Waals surface area contributed by atoms with Crippen LogP contribution in [0.2, 0.25) is 5.15 Å². The van der Waals surface area contributed by atoms with Gasteiger partial charge in [-0.05, 0) is 19.1 Å². The number of hydrogen-bond donors (Lipinski definition) is 1. The van der Waals surface area contributed by atoms with Gasteiger partial charge in [-0.1, -0.05) is 35.9 Å². The van der Waals surface area contributed by atoms with Crippen molar-refractivity contribution in [2.24, 2.45) is 0 Å². The van der Waals surface area contributed by atoms with Gasteiger partial charge >= 0.3 is 0 Å². The highest BCUT2D eigenvalue weighted by atomic mass is 35.5. The topological polar surface area (TPSA) is 42.4 Å². The van der Waals surface area contributed by atoms with Crippen molar-refractivity contribution in [3.63, 3.8) is 0 Å². The van der Waals surface area contributed by atoms with Crippen molar-refractivity contribution in [2.45, 2.75) is 13.0 Å². The molecule has 1 N–H and O–H groups in total. The molecule has 3 nitrogen and oxygen atoms in total. The van der Waals surface area contributed by atoms with Gasteiger partial charge in [0, 0.05) is 17.3 Å². The van der Waals surface area contributed by atoms with Crippen molar-refractivity contribution in [3.8, 4) is 5.75 Å². The molecule has 0 radical (unpaired) electrons. The first kappa shape index (κ1) is 12.9. The Bertz CT molecular complexity index is 513. The molecule has 1 unspecified atom stereocenters. The van der Waals surface area contributed by atoms with Crippen LogP contribution in [-0.2, 0) is 0 Å². The Kier molecular flexibility index (Phi) is 4.18. The number of halogens is 1. The first-order valence-corrected chi connectivity index (χ1v) is 6.11. The average molecular weight is 264 g/mol. The van der Waals surface area contributed by atoms with Crippen molar-refractivity contribution in [2.75, 3.05) is 6.61 Å². The molecule has 0 aliphatic heterocycles. The standard InChI is InChI=1S/C14H14ClNO2/c1-2-18-12-6-4-3-5-11(12)14(17)10-7-8-13(15)16-9-10/h3-9,14,17H,2H2,1H3. The van der Waals surface area contributed by atoms with Crippen LogP contribution in [0.4, 0.5) is 0 Å². The van der Waals surface area contributed by atoms with E-state index in [9.17, 15) is 5.11 Å². The fraction of sp³-hybridized carbons (Fsp3) is 0.214. The molecule has 2 rings (SSSR count). The van der Waals surface area contributed by atoms with Gasteiger partial charge in [0.2, 0.25) is 0 Å². The summed E-state index contributed by atoms with van der Waals surface area (Å²) in [6, 6.07) is 10.8. The molecule has 1 aromatic heterocycles. The molecule has 0 saturated carbocycles. The third-order valence-electron chi connectivity index (χ3n) is 2.58. The van der Waals surface area contributed by atoms with Crippen LogP contribution in [0.15, 0.2) is 42.6 Å². The molecule has 1 heterocycles. The molecule has 4 heteroatoms. The minimum Gasteiger partial charge on any atom is -0.493 e. The fourth-order valence-corrected chi connectivity index (χ4v) is 1.83. The Balaban J connectivity index is 2.33. The fourth-order valence-electron chi connectivity index (χ4n) is 1.72. The number of ether oxygens (including phenoxy) is 1. The lowest BCUT2D eigenvalue weighted by molar-refractivity contribution is 0.211. The first-order valence-electron chi connectivity index (χ1n) is 5.73. The summed E-state index contributed by atoms with van der Waals surface area (Å²) in [4.78, 5) is 3.97. The third-order valence-corrected chi connectivity index (χ3v) is 2.80. The summed E-state index contributed by atoms with van der Waals surface area (Å²) in [5.41, 5.74) is 1.41. The van der Waals surface area contributed by atoms with Gasteiger partial charge in [0.15, 0.2) is 0 Å². The van der Waals surface area contributed by atoms with E-state index in [2.05, 4.69) is 4.98 Å². The maximum Gasteiger partial charge on any atom is 0.129 e. The van der Waals surface area contributed by atoms with E-state index in [1.807, 2.05) is 31.2 Å². The first-order chi connectivity index (χ1) is 8.72. The highest BCUT2D eigenvalue weighted by Gasteiger charge is 2.15. The van der Waals surface area contributed by atoms with Crippen molar-refractivity contribution >= 4 is 11.6 Å². The summed E-state index contributed by atoms with van der Waals surface area (Å²) in [6.07, 6.45) is 0.799. The van der Waals surface area contributed by atoms with Crippen LogP contribution < -0.4 is 4.74 Å². The zero-order valence-electron chi connectivity index (χ0n) is 10.0. The van der Waals surface area contributed by atoms with E-state index >= 15 is 0 Å². The van der Waals surface area contributed by atoms with Crippen molar-refractivity contribution in [1.82, 2.24) is 4.98 Å². The number of rotatable bonds is 4. The molecule has 2 aromatic rings. The Morgan fingerprint density at radius 1 is 1.28 bits per heavy atom. The monoisotopic (exact) mass is 263 g/mol. The molecule has 0 spiro atoms. The highest BCUT2D eigenvalue weighted by Crippen LogP contribution is 2.29. The Hall–Kier alpha value is -1.58. The van der Waals surface area contributed by atoms with E-state index in [1.165, 1.54) is 0 Å². The lowest BCUT2D eigenvalue weighted by Crippen LogP contribution is -2.04. The van der Waals surface area contributed by atoms with Crippen LogP contribution in [0, 0.1) is 0 Å². The number of aromatic nitrogens is 1. The van der Waals surface area contributed by atoms with Crippen LogP contribution in [0.5, 0.6) is 5.75 Å². The van der Waals surface area contributed by atoms with E-state index in [0.29, 0.717) is 23.1 Å². The van der Waals surface area contributed by atoms with Gasteiger partial charge in [-0.15, -0.1) is 0 Å². The molecule has 0 saturated heterocycles. The number of para-hydroxylation sites is 1. The van der Waals surface area contributed by atoms with E-state index in [4.69, 9.17) is 16.3 Å². The molecule has 0 amide bonds. The second kappa shape index (κ2) is 5.85. The summed E-state index contributed by atoms with van der Waals surface area (Å²) in [6.45, 7) is 2.47. The van der Waals surface area contributed by atoms with E-state index in [0.717, 1.165) is 5.56 Å². The lowest BCUT2D eigenvalue weighted by atomic mass is 10.0. The van der Waals surface area contributed by atoms with Gasteiger partial charge in [-0.3, -0.25) is 0 Å². The molecular formula is C14H14ClNO2. The van der Waals surface area contributed by atoms with Crippen LogP contribution in [0.25, 0.3) is 0 Å². The number of benzene rings is 1. The van der Waals surface area contributed by atoms with Gasteiger partial charge in [0.25, 0.3) is 0 Å². The minimum absolute atomic E-state index is 0.407. The molecule has 1 aromatic carbocycles. The maximum atomic E-state index is 10.3. The quantitative estimate of drug-likeness (QED) is 0.862. The van der Waals surface area contributed by atoms with E-state index < -0.39 is 6.10 Å². The number of nitrogens with zero attached hydrogens (tertiary/aromatic N) is 1. The second-order valence-corrected chi connectivity index (χ2v) is 4.17. The summed E-state index contributed by atoms with van der Waals surface area (Å²) in [5, 5.41) is 10.7. The second-order valence-electron chi connectivity index (χ2n) is 3.79. The van der Waals surface area contributed by atoms with E-state index in [1.54, 1.807) is 18.3 Å². The van der Waals surface area contributed by atoms with Crippen molar-refractivity contribution < 1.29 is 9.84 Å². The Morgan fingerprint density at radius 3 is 2.72 bits per heavy atom. The molecule has 1 atom stereocenters. The molecule has 0 bridgehead atoms. The molecule has 0 aliphatic rings. The van der Waals surface area contributed by atoms with Crippen LogP contribution in [0.3, 0.4) is 0 Å². The number of aliphatic hydroxyl groups is 1.